The van der Waals surface area contributed by atoms with Crippen LogP contribution in [0.25, 0.3) is 0 Å². The molecule has 1 aromatic heterocycles. The number of anilines is 1. The number of fused-ring (bicyclic) bond motifs is 1. The first-order valence-electron chi connectivity index (χ1n) is 9.12. The number of methoxy groups -OCH3 is 1. The molecule has 1 aliphatic carbocycles. The molecule has 1 saturated carbocycles. The summed E-state index contributed by atoms with van der Waals surface area (Å²) in [6.45, 7) is 0.686. The number of ether oxygens (including phenoxy) is 1. The number of carbonyl (C=O) groups excluding carboxylic acids is 2. The molecule has 0 unspecified atom stereocenters. The molecular formula is C19H21ClN4O3. The first-order chi connectivity index (χ1) is 13.1. The van der Waals surface area contributed by atoms with Crippen LogP contribution in [0.15, 0.2) is 18.2 Å². The van der Waals surface area contributed by atoms with Crippen LogP contribution in [0.4, 0.5) is 5.69 Å². The van der Waals surface area contributed by atoms with E-state index in [1.54, 1.807) is 18.2 Å². The second-order valence-electron chi connectivity index (χ2n) is 6.89. The van der Waals surface area contributed by atoms with Gasteiger partial charge in [-0.2, -0.15) is 0 Å². The smallest absolute Gasteiger partial charge is 0.291 e. The van der Waals surface area contributed by atoms with Crippen LogP contribution in [0, 0.1) is 0 Å². The van der Waals surface area contributed by atoms with E-state index in [1.165, 1.54) is 7.11 Å². The van der Waals surface area contributed by atoms with E-state index < -0.39 is 0 Å². The van der Waals surface area contributed by atoms with Crippen molar-refractivity contribution in [2.24, 2.45) is 0 Å². The van der Waals surface area contributed by atoms with Crippen molar-refractivity contribution in [2.45, 2.75) is 44.7 Å². The van der Waals surface area contributed by atoms with Gasteiger partial charge in [-0.05, 0) is 50.3 Å². The fourth-order valence-corrected chi connectivity index (χ4v) is 3.57. The Labute approximate surface area is 162 Å². The Bertz CT molecular complexity index is 905. The third-order valence-corrected chi connectivity index (χ3v) is 5.15. The van der Waals surface area contributed by atoms with Crippen LogP contribution in [-0.4, -0.2) is 34.5 Å². The summed E-state index contributed by atoms with van der Waals surface area (Å²) >= 11 is 6.12. The summed E-state index contributed by atoms with van der Waals surface area (Å²) in [5.41, 5.74) is 1.76. The van der Waals surface area contributed by atoms with Gasteiger partial charge in [-0.3, -0.25) is 9.59 Å². The third-order valence-electron chi connectivity index (χ3n) is 4.86. The average molecular weight is 389 g/mol. The molecule has 2 amide bonds. The van der Waals surface area contributed by atoms with Crippen molar-refractivity contribution in [2.75, 3.05) is 12.4 Å². The molecule has 8 heteroatoms. The SMILES string of the molecule is COc1ccc(NC(=O)c2nc(C(=O)NC3CC3)c3n2CCCC3)cc1Cl. The van der Waals surface area contributed by atoms with Gasteiger partial charge in [-0.25, -0.2) is 4.98 Å². The van der Waals surface area contributed by atoms with Crippen LogP contribution in [0.2, 0.25) is 5.02 Å². The zero-order valence-electron chi connectivity index (χ0n) is 15.0. The van der Waals surface area contributed by atoms with Gasteiger partial charge in [-0.15, -0.1) is 0 Å². The van der Waals surface area contributed by atoms with Crippen molar-refractivity contribution < 1.29 is 14.3 Å². The van der Waals surface area contributed by atoms with Gasteiger partial charge >= 0.3 is 0 Å². The summed E-state index contributed by atoms with van der Waals surface area (Å²) in [6.07, 6.45) is 4.72. The number of halogens is 1. The normalized spacial score (nSPS) is 15.8. The van der Waals surface area contributed by atoms with Gasteiger partial charge in [0.15, 0.2) is 5.82 Å². The van der Waals surface area contributed by atoms with E-state index >= 15 is 0 Å². The Hall–Kier alpha value is -2.54. The van der Waals surface area contributed by atoms with E-state index in [4.69, 9.17) is 16.3 Å². The number of benzene rings is 1. The summed E-state index contributed by atoms with van der Waals surface area (Å²) in [5.74, 6) is 0.254. The summed E-state index contributed by atoms with van der Waals surface area (Å²) in [5, 5.41) is 6.18. The zero-order valence-corrected chi connectivity index (χ0v) is 15.8. The fraction of sp³-hybridized carbons (Fsp3) is 0.421. The summed E-state index contributed by atoms with van der Waals surface area (Å²) in [6, 6.07) is 5.27. The molecule has 1 aromatic carbocycles. The molecule has 0 atom stereocenters. The van der Waals surface area contributed by atoms with Crippen LogP contribution in [0.3, 0.4) is 0 Å². The lowest BCUT2D eigenvalue weighted by Crippen LogP contribution is -2.27. The van der Waals surface area contributed by atoms with E-state index in [1.807, 2.05) is 4.57 Å². The molecule has 0 radical (unpaired) electrons. The maximum Gasteiger partial charge on any atom is 0.291 e. The van der Waals surface area contributed by atoms with E-state index in [2.05, 4.69) is 15.6 Å². The van der Waals surface area contributed by atoms with Crippen LogP contribution in [0.5, 0.6) is 5.75 Å². The molecule has 0 saturated heterocycles. The van der Waals surface area contributed by atoms with Crippen LogP contribution in [0.1, 0.15) is 52.5 Å². The zero-order chi connectivity index (χ0) is 19.0. The number of imidazole rings is 1. The Morgan fingerprint density at radius 3 is 2.78 bits per heavy atom. The summed E-state index contributed by atoms with van der Waals surface area (Å²) < 4.78 is 6.99. The lowest BCUT2D eigenvalue weighted by atomic mass is 10.1. The molecule has 1 fully saturated rings. The molecular weight excluding hydrogens is 368 g/mol. The summed E-state index contributed by atoms with van der Waals surface area (Å²) in [7, 11) is 1.53. The first-order valence-corrected chi connectivity index (χ1v) is 9.49. The maximum absolute atomic E-state index is 12.8. The van der Waals surface area contributed by atoms with Gasteiger partial charge in [0.1, 0.15) is 11.4 Å². The molecule has 7 nitrogen and oxygen atoms in total. The van der Waals surface area contributed by atoms with E-state index in [9.17, 15) is 9.59 Å². The van der Waals surface area contributed by atoms with Crippen molar-refractivity contribution in [3.63, 3.8) is 0 Å². The van der Waals surface area contributed by atoms with Gasteiger partial charge in [0.2, 0.25) is 0 Å². The van der Waals surface area contributed by atoms with Crippen molar-refractivity contribution in [1.82, 2.24) is 14.9 Å². The van der Waals surface area contributed by atoms with Crippen molar-refractivity contribution in [3.8, 4) is 5.75 Å². The molecule has 0 bridgehead atoms. The highest BCUT2D eigenvalue weighted by Crippen LogP contribution is 2.28. The molecule has 1 aliphatic heterocycles. The van der Waals surface area contributed by atoms with Gasteiger partial charge in [0.05, 0.1) is 17.8 Å². The molecule has 0 spiro atoms. The number of hydrogen-bond donors (Lipinski definition) is 2. The van der Waals surface area contributed by atoms with Crippen molar-refractivity contribution >= 4 is 29.1 Å². The number of hydrogen-bond acceptors (Lipinski definition) is 4. The first kappa shape index (κ1) is 17.9. The Balaban J connectivity index is 1.60. The molecule has 142 valence electrons. The maximum atomic E-state index is 12.8. The van der Waals surface area contributed by atoms with E-state index in [0.717, 1.165) is 37.8 Å². The predicted octanol–water partition coefficient (Wildman–Crippen LogP) is 3.03. The average Bonchev–Trinajstić information content (AvgIpc) is 3.38. The minimum atomic E-state index is -0.357. The van der Waals surface area contributed by atoms with Crippen molar-refractivity contribution in [1.29, 1.82) is 0 Å². The number of nitrogens with one attached hydrogen (secondary N) is 2. The lowest BCUT2D eigenvalue weighted by Gasteiger charge is -2.17. The van der Waals surface area contributed by atoms with Crippen molar-refractivity contribution in [3.05, 3.63) is 40.4 Å². The summed E-state index contributed by atoms with van der Waals surface area (Å²) in [4.78, 5) is 29.8. The molecule has 2 heterocycles. The van der Waals surface area contributed by atoms with Crippen LogP contribution >= 0.6 is 11.6 Å². The molecule has 4 rings (SSSR count). The van der Waals surface area contributed by atoms with Gasteiger partial charge in [-0.1, -0.05) is 11.6 Å². The third kappa shape index (κ3) is 3.64. The second-order valence-corrected chi connectivity index (χ2v) is 7.30. The Morgan fingerprint density at radius 2 is 2.07 bits per heavy atom. The van der Waals surface area contributed by atoms with E-state index in [-0.39, 0.29) is 23.7 Å². The largest absolute Gasteiger partial charge is 0.495 e. The minimum Gasteiger partial charge on any atom is -0.495 e. The van der Waals surface area contributed by atoms with E-state index in [0.29, 0.717) is 28.7 Å². The number of carbonyl (C=O) groups is 2. The topological polar surface area (TPSA) is 85.2 Å². The van der Waals surface area contributed by atoms with Crippen LogP contribution in [-0.2, 0) is 13.0 Å². The quantitative estimate of drug-likeness (QED) is 0.824. The van der Waals surface area contributed by atoms with Crippen LogP contribution < -0.4 is 15.4 Å². The highest BCUT2D eigenvalue weighted by Gasteiger charge is 2.30. The molecule has 27 heavy (non-hydrogen) atoms. The molecule has 2 aromatic rings. The highest BCUT2D eigenvalue weighted by molar-refractivity contribution is 6.32. The predicted molar refractivity (Wildman–Crippen MR) is 102 cm³/mol. The second kappa shape index (κ2) is 7.23. The number of rotatable bonds is 5. The van der Waals surface area contributed by atoms with Gasteiger partial charge in [0, 0.05) is 18.3 Å². The lowest BCUT2D eigenvalue weighted by molar-refractivity contribution is 0.0945. The Morgan fingerprint density at radius 1 is 1.26 bits per heavy atom. The highest BCUT2D eigenvalue weighted by atomic mass is 35.5. The number of aromatic nitrogens is 2. The van der Waals surface area contributed by atoms with Gasteiger partial charge in [0.25, 0.3) is 11.8 Å². The fourth-order valence-electron chi connectivity index (χ4n) is 3.31. The minimum absolute atomic E-state index is 0.185. The molecule has 2 aliphatic rings. The monoisotopic (exact) mass is 388 g/mol. The Kier molecular flexibility index (Phi) is 4.78. The molecule has 2 N–H and O–H groups in total. The standard InChI is InChI=1S/C19H21ClN4O3/c1-27-15-8-7-12(10-13(15)20)22-19(26)17-23-16(18(25)21-11-5-6-11)14-4-2-3-9-24(14)17/h7-8,10-11H,2-6,9H2,1H3,(H,21,25)(H,22,26). The van der Waals surface area contributed by atoms with Gasteiger partial charge < -0.3 is 19.9 Å². The number of nitrogens with zero attached hydrogens (tertiary/aromatic N) is 2. The number of amides is 2.